The van der Waals surface area contributed by atoms with Crippen molar-refractivity contribution in [1.29, 1.82) is 0 Å². The molecule has 0 saturated heterocycles. The minimum atomic E-state index is -0.493. The molecule has 2 aromatic rings. The average Bonchev–Trinajstić information content (AvgIpc) is 2.72. The van der Waals surface area contributed by atoms with Crippen LogP contribution in [0.25, 0.3) is 0 Å². The predicted octanol–water partition coefficient (Wildman–Crippen LogP) is 2.26. The summed E-state index contributed by atoms with van der Waals surface area (Å²) in [5.74, 6) is 0.102. The molecule has 0 aliphatic heterocycles. The maximum Gasteiger partial charge on any atom is 0.338 e. The number of rotatable bonds is 7. The minimum absolute atomic E-state index is 0.267. The van der Waals surface area contributed by atoms with E-state index in [1.807, 2.05) is 0 Å². The normalized spacial score (nSPS) is 10.4. The van der Waals surface area contributed by atoms with Crippen LogP contribution in [0.4, 0.5) is 0 Å². The number of benzene rings is 2. The number of nitrogens with zero attached hydrogens (tertiary/aromatic N) is 1. The molecule has 1 N–H and O–H groups in total. The Hall–Kier alpha value is -3.55. The third-order valence-electron chi connectivity index (χ3n) is 3.66. The lowest BCUT2D eigenvalue weighted by Crippen LogP contribution is -2.18. The fourth-order valence-electron chi connectivity index (χ4n) is 2.34. The number of nitrogens with one attached hydrogen (secondary N) is 1. The highest BCUT2D eigenvalue weighted by atomic mass is 16.5. The van der Waals surface area contributed by atoms with Crippen LogP contribution in [0.15, 0.2) is 41.5 Å². The molecular formula is C19H20N2O6. The van der Waals surface area contributed by atoms with Crippen molar-refractivity contribution < 1.29 is 28.5 Å². The van der Waals surface area contributed by atoms with Gasteiger partial charge in [-0.25, -0.2) is 10.2 Å². The van der Waals surface area contributed by atoms with Gasteiger partial charge in [0.15, 0.2) is 11.5 Å². The van der Waals surface area contributed by atoms with Crippen molar-refractivity contribution in [3.63, 3.8) is 0 Å². The molecule has 1 amide bonds. The van der Waals surface area contributed by atoms with Gasteiger partial charge in [-0.1, -0.05) is 18.2 Å². The molecular weight excluding hydrogens is 352 g/mol. The molecule has 0 saturated carbocycles. The van der Waals surface area contributed by atoms with E-state index in [2.05, 4.69) is 10.5 Å². The van der Waals surface area contributed by atoms with Crippen LogP contribution in [-0.2, 0) is 4.74 Å². The Balaban J connectivity index is 2.22. The largest absolute Gasteiger partial charge is 0.493 e. The number of methoxy groups -OCH3 is 4. The van der Waals surface area contributed by atoms with E-state index in [1.54, 1.807) is 24.3 Å². The van der Waals surface area contributed by atoms with E-state index in [-0.39, 0.29) is 5.56 Å². The zero-order valence-corrected chi connectivity index (χ0v) is 15.4. The smallest absolute Gasteiger partial charge is 0.338 e. The summed E-state index contributed by atoms with van der Waals surface area (Å²) in [4.78, 5) is 24.1. The topological polar surface area (TPSA) is 95.5 Å². The summed E-state index contributed by atoms with van der Waals surface area (Å²) < 4.78 is 20.4. The maximum absolute atomic E-state index is 12.4. The second kappa shape index (κ2) is 9.23. The molecule has 0 aromatic heterocycles. The fourth-order valence-corrected chi connectivity index (χ4v) is 2.34. The van der Waals surface area contributed by atoms with Crippen molar-refractivity contribution in [2.45, 2.75) is 0 Å². The molecule has 0 bridgehead atoms. The number of esters is 1. The zero-order chi connectivity index (χ0) is 19.8. The van der Waals surface area contributed by atoms with Gasteiger partial charge in [0.1, 0.15) is 0 Å². The minimum Gasteiger partial charge on any atom is -0.493 e. The predicted molar refractivity (Wildman–Crippen MR) is 98.9 cm³/mol. The number of carbonyl (C=O) groups excluding carboxylic acids is 2. The van der Waals surface area contributed by atoms with Crippen molar-refractivity contribution in [3.8, 4) is 17.2 Å². The summed E-state index contributed by atoms with van der Waals surface area (Å²) in [6, 6.07) is 9.76. The Morgan fingerprint density at radius 2 is 1.59 bits per heavy atom. The standard InChI is InChI=1S/C19H20N2O6/c1-24-15-9-13(10-16(25-2)17(15)26-3)18(22)21-20-11-12-7-5-6-8-14(12)19(23)27-4/h5-11H,1-4H3,(H,21,22)/b20-11-. The van der Waals surface area contributed by atoms with Crippen LogP contribution in [0.3, 0.4) is 0 Å². The van der Waals surface area contributed by atoms with Gasteiger partial charge in [0.25, 0.3) is 5.91 Å². The van der Waals surface area contributed by atoms with Gasteiger partial charge in [0, 0.05) is 11.1 Å². The van der Waals surface area contributed by atoms with Gasteiger partial charge in [-0.15, -0.1) is 0 Å². The SMILES string of the molecule is COC(=O)c1ccccc1/C=N\NC(=O)c1cc(OC)c(OC)c(OC)c1. The van der Waals surface area contributed by atoms with Gasteiger partial charge in [0.2, 0.25) is 5.75 Å². The Labute approximate surface area is 156 Å². The Morgan fingerprint density at radius 1 is 0.963 bits per heavy atom. The van der Waals surface area contributed by atoms with E-state index >= 15 is 0 Å². The number of hydrogen-bond donors (Lipinski definition) is 1. The van der Waals surface area contributed by atoms with Crippen molar-refractivity contribution in [2.75, 3.05) is 28.4 Å². The number of hydrazone groups is 1. The lowest BCUT2D eigenvalue weighted by atomic mass is 10.1. The van der Waals surface area contributed by atoms with E-state index in [0.717, 1.165) is 0 Å². The molecule has 0 aliphatic carbocycles. The molecule has 8 nitrogen and oxygen atoms in total. The van der Waals surface area contributed by atoms with Crippen LogP contribution in [0, 0.1) is 0 Å². The summed E-state index contributed by atoms with van der Waals surface area (Å²) in [7, 11) is 5.69. The third-order valence-corrected chi connectivity index (χ3v) is 3.66. The highest BCUT2D eigenvalue weighted by molar-refractivity contribution is 6.00. The first kappa shape index (κ1) is 19.8. The van der Waals surface area contributed by atoms with E-state index in [0.29, 0.717) is 28.4 Å². The van der Waals surface area contributed by atoms with Crippen molar-refractivity contribution in [3.05, 3.63) is 53.1 Å². The summed E-state index contributed by atoms with van der Waals surface area (Å²) in [5.41, 5.74) is 3.51. The van der Waals surface area contributed by atoms with Crippen LogP contribution in [0.5, 0.6) is 17.2 Å². The third kappa shape index (κ3) is 4.55. The lowest BCUT2D eigenvalue weighted by molar-refractivity contribution is 0.0600. The van der Waals surface area contributed by atoms with Gasteiger partial charge in [-0.3, -0.25) is 4.79 Å². The molecule has 2 rings (SSSR count). The van der Waals surface area contributed by atoms with Crippen molar-refractivity contribution >= 4 is 18.1 Å². The highest BCUT2D eigenvalue weighted by Crippen LogP contribution is 2.38. The van der Waals surface area contributed by atoms with Gasteiger partial charge in [-0.05, 0) is 18.2 Å². The molecule has 0 radical (unpaired) electrons. The molecule has 0 unspecified atom stereocenters. The molecule has 27 heavy (non-hydrogen) atoms. The number of hydrogen-bond acceptors (Lipinski definition) is 7. The Morgan fingerprint density at radius 3 is 2.15 bits per heavy atom. The fraction of sp³-hybridized carbons (Fsp3) is 0.211. The van der Waals surface area contributed by atoms with E-state index in [9.17, 15) is 9.59 Å². The quantitative estimate of drug-likeness (QED) is 0.455. The number of ether oxygens (including phenoxy) is 4. The van der Waals surface area contributed by atoms with Gasteiger partial charge >= 0.3 is 5.97 Å². The van der Waals surface area contributed by atoms with Crippen molar-refractivity contribution in [1.82, 2.24) is 5.43 Å². The van der Waals surface area contributed by atoms with Gasteiger partial charge in [-0.2, -0.15) is 5.10 Å². The van der Waals surface area contributed by atoms with Crippen LogP contribution < -0.4 is 19.6 Å². The molecule has 0 atom stereocenters. The average molecular weight is 372 g/mol. The zero-order valence-electron chi connectivity index (χ0n) is 15.4. The van der Waals surface area contributed by atoms with Crippen LogP contribution >= 0.6 is 0 Å². The van der Waals surface area contributed by atoms with E-state index in [1.165, 1.54) is 46.8 Å². The lowest BCUT2D eigenvalue weighted by Gasteiger charge is -2.13. The van der Waals surface area contributed by atoms with Gasteiger partial charge < -0.3 is 18.9 Å². The maximum atomic E-state index is 12.4. The molecule has 0 heterocycles. The monoisotopic (exact) mass is 372 g/mol. The summed E-state index contributed by atoms with van der Waals surface area (Å²) >= 11 is 0. The van der Waals surface area contributed by atoms with Crippen molar-refractivity contribution in [2.24, 2.45) is 5.10 Å². The second-order valence-electron chi connectivity index (χ2n) is 5.19. The first-order valence-electron chi connectivity index (χ1n) is 7.86. The molecule has 0 spiro atoms. The number of amides is 1. The highest BCUT2D eigenvalue weighted by Gasteiger charge is 2.17. The molecule has 8 heteroatoms. The second-order valence-corrected chi connectivity index (χ2v) is 5.19. The molecule has 2 aromatic carbocycles. The Bertz CT molecular complexity index is 838. The van der Waals surface area contributed by atoms with Crippen LogP contribution in [-0.4, -0.2) is 46.5 Å². The number of carbonyl (C=O) groups is 2. The molecule has 0 fully saturated rings. The molecule has 0 aliphatic rings. The summed E-state index contributed by atoms with van der Waals surface area (Å²) in [6.07, 6.45) is 1.36. The van der Waals surface area contributed by atoms with Crippen LogP contribution in [0.2, 0.25) is 0 Å². The van der Waals surface area contributed by atoms with Gasteiger partial charge in [0.05, 0.1) is 40.2 Å². The summed E-state index contributed by atoms with van der Waals surface area (Å²) in [5, 5.41) is 3.90. The first-order valence-corrected chi connectivity index (χ1v) is 7.86. The first-order chi connectivity index (χ1) is 13.0. The van der Waals surface area contributed by atoms with Crippen LogP contribution in [0.1, 0.15) is 26.3 Å². The summed E-state index contributed by atoms with van der Waals surface area (Å²) in [6.45, 7) is 0. The molecule has 142 valence electrons. The van der Waals surface area contributed by atoms with E-state index in [4.69, 9.17) is 18.9 Å². The Kier molecular flexibility index (Phi) is 6.76. The van der Waals surface area contributed by atoms with E-state index < -0.39 is 11.9 Å².